The van der Waals surface area contributed by atoms with Gasteiger partial charge >= 0.3 is 0 Å². The second-order valence-corrected chi connectivity index (χ2v) is 8.38. The number of nitrogens with one attached hydrogen (secondary N) is 1. The first-order valence-corrected chi connectivity index (χ1v) is 11.1. The number of aromatic nitrogens is 3. The van der Waals surface area contributed by atoms with Gasteiger partial charge in [0.1, 0.15) is 0 Å². The number of fused-ring (bicyclic) bond motifs is 2. The van der Waals surface area contributed by atoms with E-state index in [2.05, 4.69) is 33.1 Å². The molecule has 2 aliphatic carbocycles. The fraction of sp³-hybridized carbons (Fsp3) is 0.115. The van der Waals surface area contributed by atoms with Gasteiger partial charge in [-0.2, -0.15) is 0 Å². The third kappa shape index (κ3) is 3.51. The van der Waals surface area contributed by atoms with Crippen LogP contribution in [0.15, 0.2) is 90.2 Å². The molecule has 3 aliphatic rings. The van der Waals surface area contributed by atoms with E-state index in [0.29, 0.717) is 11.1 Å². The van der Waals surface area contributed by atoms with Gasteiger partial charge < -0.3 is 9.88 Å². The van der Waals surface area contributed by atoms with Crippen LogP contribution >= 0.6 is 11.6 Å². The molecule has 0 unspecified atom stereocenters. The van der Waals surface area contributed by atoms with Gasteiger partial charge in [0, 0.05) is 6.20 Å². The Kier molecular flexibility index (Phi) is 4.62. The minimum Gasteiger partial charge on any atom is -0.352 e. The average molecular weight is 438 g/mol. The highest BCUT2D eigenvalue weighted by atomic mass is 35.5. The summed E-state index contributed by atoms with van der Waals surface area (Å²) in [7, 11) is 0. The van der Waals surface area contributed by atoms with Crippen LogP contribution in [0.5, 0.6) is 0 Å². The van der Waals surface area contributed by atoms with Crippen LogP contribution in [0.3, 0.4) is 0 Å². The number of halogens is 1. The monoisotopic (exact) mass is 437 g/mol. The van der Waals surface area contributed by atoms with Crippen molar-refractivity contribution >= 4 is 34.0 Å². The maximum absolute atomic E-state index is 6.65. The molecule has 2 aromatic carbocycles. The van der Waals surface area contributed by atoms with Crippen molar-refractivity contribution in [3.05, 3.63) is 95.6 Å². The van der Waals surface area contributed by atoms with Crippen LogP contribution in [0.4, 0.5) is 11.4 Å². The number of hydrogen-bond acceptors (Lipinski definition) is 4. The molecule has 1 fully saturated rings. The Morgan fingerprint density at radius 2 is 1.81 bits per heavy atom. The Balaban J connectivity index is 1.67. The van der Waals surface area contributed by atoms with E-state index in [-0.39, 0.29) is 0 Å². The predicted octanol–water partition coefficient (Wildman–Crippen LogP) is 5.99. The molecule has 0 atom stereocenters. The fourth-order valence-corrected chi connectivity index (χ4v) is 4.15. The Hall–Kier alpha value is -3.70. The molecule has 1 N–H and O–H groups in total. The highest BCUT2D eigenvalue weighted by Crippen LogP contribution is 2.33. The second-order valence-electron chi connectivity index (χ2n) is 7.97. The summed E-state index contributed by atoms with van der Waals surface area (Å²) in [5.74, 6) is 0. The van der Waals surface area contributed by atoms with Crippen molar-refractivity contribution in [2.24, 2.45) is 4.99 Å². The molecule has 1 aliphatic heterocycles. The molecule has 32 heavy (non-hydrogen) atoms. The third-order valence-electron chi connectivity index (χ3n) is 5.60. The minimum absolute atomic E-state index is 0.379. The number of hydrogen-bond donors (Lipinski definition) is 1. The Morgan fingerprint density at radius 3 is 2.62 bits per heavy atom. The van der Waals surface area contributed by atoms with E-state index in [0.717, 1.165) is 57.7 Å². The van der Waals surface area contributed by atoms with Crippen LogP contribution in [0.1, 0.15) is 12.8 Å². The summed E-state index contributed by atoms with van der Waals surface area (Å²) in [6.45, 7) is 0. The summed E-state index contributed by atoms with van der Waals surface area (Å²) in [6, 6.07) is 24.5. The third-order valence-corrected chi connectivity index (χ3v) is 5.92. The zero-order chi connectivity index (χ0) is 21.5. The fourth-order valence-electron chi connectivity index (χ4n) is 3.93. The van der Waals surface area contributed by atoms with Crippen LogP contribution in [0, 0.1) is 0 Å². The van der Waals surface area contributed by atoms with Crippen molar-refractivity contribution in [1.82, 2.24) is 14.5 Å². The van der Waals surface area contributed by atoms with Crippen molar-refractivity contribution in [1.29, 1.82) is 0 Å². The lowest BCUT2D eigenvalue weighted by molar-refractivity contribution is 0.997. The van der Waals surface area contributed by atoms with Crippen LogP contribution in [0.2, 0.25) is 5.02 Å². The lowest BCUT2D eigenvalue weighted by Crippen LogP contribution is -2.15. The summed E-state index contributed by atoms with van der Waals surface area (Å²) in [6.07, 6.45) is 5.83. The van der Waals surface area contributed by atoms with E-state index in [1.165, 1.54) is 0 Å². The molecule has 0 spiro atoms. The zero-order valence-corrected chi connectivity index (χ0v) is 18.0. The van der Waals surface area contributed by atoms with E-state index < -0.39 is 0 Å². The van der Waals surface area contributed by atoms with Gasteiger partial charge in [0.2, 0.25) is 0 Å². The number of anilines is 2. The van der Waals surface area contributed by atoms with E-state index in [4.69, 9.17) is 21.6 Å². The average Bonchev–Trinajstić information content (AvgIpc) is 3.64. The second kappa shape index (κ2) is 7.77. The summed E-state index contributed by atoms with van der Waals surface area (Å²) < 4.78 is 2.18. The maximum atomic E-state index is 6.65. The van der Waals surface area contributed by atoms with E-state index in [1.807, 2.05) is 60.8 Å². The number of para-hydroxylation sites is 3. The molecule has 0 bridgehead atoms. The predicted molar refractivity (Wildman–Crippen MR) is 129 cm³/mol. The van der Waals surface area contributed by atoms with Gasteiger partial charge in [-0.15, -0.1) is 0 Å². The first-order chi connectivity index (χ1) is 15.8. The lowest BCUT2D eigenvalue weighted by atomic mass is 10.1. The Morgan fingerprint density at radius 1 is 0.969 bits per heavy atom. The van der Waals surface area contributed by atoms with Gasteiger partial charge in [-0.1, -0.05) is 35.9 Å². The molecule has 6 heteroatoms. The molecule has 0 radical (unpaired) electrons. The first-order valence-electron chi connectivity index (χ1n) is 10.7. The molecule has 5 nitrogen and oxygen atoms in total. The summed E-state index contributed by atoms with van der Waals surface area (Å²) in [5.41, 5.74) is 6.49. The molecular weight excluding hydrogens is 418 g/mol. The summed E-state index contributed by atoms with van der Waals surface area (Å²) in [5, 5.41) is 5.09. The zero-order valence-electron chi connectivity index (χ0n) is 17.2. The van der Waals surface area contributed by atoms with Gasteiger partial charge in [-0.25, -0.2) is 4.98 Å². The SMILES string of the molecule is Clc1ccccc1-n1c2cc(=NC3CC3)c(Nc3cccnc3)cc-2nc2ccccc21. The quantitative estimate of drug-likeness (QED) is 0.351. The topological polar surface area (TPSA) is 55.1 Å². The number of rotatable bonds is 4. The smallest absolute Gasteiger partial charge is 0.0900 e. The standard InChI is InChI=1S/C26H20ClN5/c27-19-7-1-3-9-24(19)32-25-10-4-2-8-20(25)31-23-14-21(30-18-6-5-13-28-16-18)22(15-26(23)32)29-17-11-12-17/h1-10,13-17,30H,11-12H2. The van der Waals surface area contributed by atoms with Gasteiger partial charge in [0.05, 0.1) is 62.1 Å². The van der Waals surface area contributed by atoms with Crippen molar-refractivity contribution in [3.63, 3.8) is 0 Å². The van der Waals surface area contributed by atoms with Crippen molar-refractivity contribution in [2.45, 2.75) is 18.9 Å². The van der Waals surface area contributed by atoms with Gasteiger partial charge in [-0.05, 0) is 61.4 Å². The summed E-state index contributed by atoms with van der Waals surface area (Å²) in [4.78, 5) is 14.2. The molecule has 0 saturated heterocycles. The lowest BCUT2D eigenvalue weighted by Gasteiger charge is -2.21. The van der Waals surface area contributed by atoms with Crippen LogP contribution < -0.4 is 10.7 Å². The Labute approximate surface area is 190 Å². The Bertz CT molecular complexity index is 1470. The van der Waals surface area contributed by atoms with Crippen molar-refractivity contribution in [3.8, 4) is 17.1 Å². The van der Waals surface area contributed by atoms with Crippen molar-refractivity contribution in [2.75, 3.05) is 5.32 Å². The molecule has 2 heterocycles. The highest BCUT2D eigenvalue weighted by Gasteiger charge is 2.22. The molecule has 1 saturated carbocycles. The highest BCUT2D eigenvalue weighted by molar-refractivity contribution is 6.32. The largest absolute Gasteiger partial charge is 0.352 e. The van der Waals surface area contributed by atoms with Crippen molar-refractivity contribution < 1.29 is 0 Å². The molecule has 156 valence electrons. The van der Waals surface area contributed by atoms with Gasteiger partial charge in [0.25, 0.3) is 0 Å². The molecule has 0 amide bonds. The number of benzene rings is 3. The maximum Gasteiger partial charge on any atom is 0.0900 e. The number of pyridine rings is 1. The van der Waals surface area contributed by atoms with Gasteiger partial charge in [0.15, 0.2) is 0 Å². The summed E-state index contributed by atoms with van der Waals surface area (Å²) >= 11 is 6.65. The number of nitrogens with zero attached hydrogens (tertiary/aromatic N) is 4. The van der Waals surface area contributed by atoms with Crippen LogP contribution in [-0.4, -0.2) is 20.6 Å². The molecule has 6 rings (SSSR count). The molecular formula is C26H20ClN5. The van der Waals surface area contributed by atoms with E-state index in [9.17, 15) is 0 Å². The normalized spacial score (nSPS) is 14.2. The first kappa shape index (κ1) is 19.0. The van der Waals surface area contributed by atoms with Gasteiger partial charge in [-0.3, -0.25) is 9.98 Å². The van der Waals surface area contributed by atoms with Crippen LogP contribution in [0.25, 0.3) is 28.1 Å². The molecule has 3 aromatic rings. The molecule has 1 aromatic heterocycles. The minimum atomic E-state index is 0.379. The van der Waals surface area contributed by atoms with E-state index >= 15 is 0 Å². The van der Waals surface area contributed by atoms with E-state index in [1.54, 1.807) is 6.20 Å². The van der Waals surface area contributed by atoms with Crippen LogP contribution in [-0.2, 0) is 0 Å².